The van der Waals surface area contributed by atoms with Crippen LogP contribution in [0.3, 0.4) is 0 Å². The van der Waals surface area contributed by atoms with Crippen LogP contribution in [0.15, 0.2) is 24.8 Å². The van der Waals surface area contributed by atoms with Crippen LogP contribution in [0.4, 0.5) is 0 Å². The lowest BCUT2D eigenvalue weighted by Crippen LogP contribution is -2.17. The topological polar surface area (TPSA) is 20.3 Å². The zero-order valence-electron chi connectivity index (χ0n) is 7.58. The summed E-state index contributed by atoms with van der Waals surface area (Å²) in [4.78, 5) is 13.3. The fraction of sp³-hybridized carbons (Fsp3) is 0.182. The average molecular weight is 173 g/mol. The Morgan fingerprint density at radius 2 is 2.31 bits per heavy atom. The predicted molar refractivity (Wildman–Crippen MR) is 52.3 cm³/mol. The molecule has 1 heterocycles. The molecule has 0 radical (unpaired) electrons. The highest BCUT2D eigenvalue weighted by molar-refractivity contribution is 5.98. The maximum atomic E-state index is 11.6. The molecule has 1 aromatic rings. The summed E-state index contributed by atoms with van der Waals surface area (Å²) in [6.45, 7) is 4.40. The zero-order chi connectivity index (χ0) is 9.42. The molecular formula is C11H11NO. The lowest BCUT2D eigenvalue weighted by atomic mass is 10.1. The second kappa shape index (κ2) is 2.73. The summed E-state index contributed by atoms with van der Waals surface area (Å²) in [7, 11) is 1.82. The van der Waals surface area contributed by atoms with Gasteiger partial charge < -0.3 is 4.90 Å². The molecular weight excluding hydrogens is 162 g/mol. The second-order valence-electron chi connectivity index (χ2n) is 3.28. The van der Waals surface area contributed by atoms with Gasteiger partial charge in [0.1, 0.15) is 0 Å². The average Bonchev–Trinajstić information content (AvgIpc) is 2.43. The first-order valence-electron chi connectivity index (χ1n) is 4.23. The van der Waals surface area contributed by atoms with Crippen molar-refractivity contribution in [2.45, 2.75) is 6.54 Å². The van der Waals surface area contributed by atoms with E-state index in [0.717, 1.165) is 23.2 Å². The molecule has 1 aromatic carbocycles. The number of nitrogens with zero attached hydrogens (tertiary/aromatic N) is 1. The van der Waals surface area contributed by atoms with Crippen LogP contribution in [-0.2, 0) is 6.54 Å². The van der Waals surface area contributed by atoms with E-state index in [1.807, 2.05) is 25.2 Å². The van der Waals surface area contributed by atoms with Crippen LogP contribution in [0.1, 0.15) is 21.5 Å². The van der Waals surface area contributed by atoms with E-state index in [2.05, 4.69) is 6.58 Å². The lowest BCUT2D eigenvalue weighted by Gasteiger charge is -2.04. The summed E-state index contributed by atoms with van der Waals surface area (Å²) < 4.78 is 0. The van der Waals surface area contributed by atoms with Crippen LogP contribution >= 0.6 is 0 Å². The number of hydrogen-bond acceptors (Lipinski definition) is 1. The number of hydrogen-bond donors (Lipinski definition) is 0. The van der Waals surface area contributed by atoms with E-state index < -0.39 is 0 Å². The molecule has 0 saturated heterocycles. The lowest BCUT2D eigenvalue weighted by molar-refractivity contribution is 0.0816. The van der Waals surface area contributed by atoms with Gasteiger partial charge in [0.2, 0.25) is 0 Å². The number of fused-ring (bicyclic) bond motifs is 1. The first-order chi connectivity index (χ1) is 6.22. The fourth-order valence-corrected chi connectivity index (χ4v) is 1.59. The zero-order valence-corrected chi connectivity index (χ0v) is 7.58. The van der Waals surface area contributed by atoms with Gasteiger partial charge in [-0.1, -0.05) is 24.8 Å². The first kappa shape index (κ1) is 8.05. The summed E-state index contributed by atoms with van der Waals surface area (Å²) in [6.07, 6.45) is 1.76. The fourth-order valence-electron chi connectivity index (χ4n) is 1.59. The van der Waals surface area contributed by atoms with Crippen LogP contribution in [0.5, 0.6) is 0 Å². The summed E-state index contributed by atoms with van der Waals surface area (Å²) in [5.41, 5.74) is 2.93. The Kier molecular flexibility index (Phi) is 1.69. The van der Waals surface area contributed by atoms with Crippen molar-refractivity contribution in [3.8, 4) is 0 Å². The Hall–Kier alpha value is -1.57. The molecule has 0 aromatic heterocycles. The van der Waals surface area contributed by atoms with Crippen LogP contribution in [0, 0.1) is 0 Å². The number of carbonyl (C=O) groups is 1. The smallest absolute Gasteiger partial charge is 0.254 e. The molecule has 1 aliphatic rings. The van der Waals surface area contributed by atoms with Gasteiger partial charge in [-0.2, -0.15) is 0 Å². The molecule has 2 heteroatoms. The molecule has 0 saturated carbocycles. The maximum absolute atomic E-state index is 11.6. The minimum Gasteiger partial charge on any atom is -0.337 e. The van der Waals surface area contributed by atoms with Crippen LogP contribution in [-0.4, -0.2) is 17.9 Å². The third-order valence-electron chi connectivity index (χ3n) is 2.35. The number of rotatable bonds is 1. The molecule has 0 aliphatic carbocycles. The molecule has 0 fully saturated rings. The minimum absolute atomic E-state index is 0.110. The number of benzene rings is 1. The van der Waals surface area contributed by atoms with Crippen molar-refractivity contribution >= 4 is 12.0 Å². The Bertz CT molecular complexity index is 382. The molecule has 2 nitrogen and oxygen atoms in total. The van der Waals surface area contributed by atoms with Crippen molar-refractivity contribution in [2.24, 2.45) is 0 Å². The molecule has 0 unspecified atom stereocenters. The van der Waals surface area contributed by atoms with Gasteiger partial charge in [0, 0.05) is 19.2 Å². The number of amides is 1. The Morgan fingerprint density at radius 1 is 1.54 bits per heavy atom. The van der Waals surface area contributed by atoms with E-state index in [0.29, 0.717) is 0 Å². The van der Waals surface area contributed by atoms with E-state index >= 15 is 0 Å². The minimum atomic E-state index is 0.110. The van der Waals surface area contributed by atoms with Gasteiger partial charge in [-0.25, -0.2) is 0 Å². The predicted octanol–water partition coefficient (Wildman–Crippen LogP) is 1.92. The molecule has 0 N–H and O–H groups in total. The Morgan fingerprint density at radius 3 is 3.00 bits per heavy atom. The Balaban J connectivity index is 2.54. The summed E-state index contributed by atoms with van der Waals surface area (Å²) in [6, 6.07) is 5.88. The molecule has 2 rings (SSSR count). The van der Waals surface area contributed by atoms with Crippen molar-refractivity contribution < 1.29 is 4.79 Å². The monoisotopic (exact) mass is 173 g/mol. The van der Waals surface area contributed by atoms with E-state index in [-0.39, 0.29) is 5.91 Å². The molecule has 0 spiro atoms. The van der Waals surface area contributed by atoms with Gasteiger partial charge >= 0.3 is 0 Å². The third kappa shape index (κ3) is 1.15. The highest BCUT2D eigenvalue weighted by Crippen LogP contribution is 2.22. The molecule has 66 valence electrons. The molecule has 0 atom stereocenters. The second-order valence-corrected chi connectivity index (χ2v) is 3.28. The molecule has 1 aliphatic heterocycles. The maximum Gasteiger partial charge on any atom is 0.254 e. The van der Waals surface area contributed by atoms with Crippen LogP contribution in [0.25, 0.3) is 6.08 Å². The van der Waals surface area contributed by atoms with Crippen molar-refractivity contribution in [3.05, 3.63) is 41.5 Å². The number of carbonyl (C=O) groups excluding carboxylic acids is 1. The van der Waals surface area contributed by atoms with Crippen LogP contribution < -0.4 is 0 Å². The van der Waals surface area contributed by atoms with E-state index in [4.69, 9.17) is 0 Å². The van der Waals surface area contributed by atoms with Crippen molar-refractivity contribution in [1.82, 2.24) is 4.90 Å². The largest absolute Gasteiger partial charge is 0.337 e. The normalized spacial score (nSPS) is 14.5. The van der Waals surface area contributed by atoms with Gasteiger partial charge in [0.25, 0.3) is 5.91 Å². The van der Waals surface area contributed by atoms with Crippen molar-refractivity contribution in [2.75, 3.05) is 7.05 Å². The van der Waals surface area contributed by atoms with Gasteiger partial charge in [-0.15, -0.1) is 0 Å². The van der Waals surface area contributed by atoms with Gasteiger partial charge in [0.05, 0.1) is 0 Å². The SMILES string of the molecule is C=Cc1ccc2c(c1)C(=O)N(C)C2. The highest BCUT2D eigenvalue weighted by Gasteiger charge is 2.23. The van der Waals surface area contributed by atoms with Crippen molar-refractivity contribution in [3.63, 3.8) is 0 Å². The van der Waals surface area contributed by atoms with E-state index in [1.54, 1.807) is 11.0 Å². The van der Waals surface area contributed by atoms with Crippen molar-refractivity contribution in [1.29, 1.82) is 0 Å². The van der Waals surface area contributed by atoms with Gasteiger partial charge in [-0.05, 0) is 17.2 Å². The van der Waals surface area contributed by atoms with E-state index in [9.17, 15) is 4.79 Å². The Labute approximate surface area is 77.5 Å². The van der Waals surface area contributed by atoms with E-state index in [1.165, 1.54) is 0 Å². The van der Waals surface area contributed by atoms with Crippen LogP contribution in [0.2, 0.25) is 0 Å². The van der Waals surface area contributed by atoms with Gasteiger partial charge in [-0.3, -0.25) is 4.79 Å². The summed E-state index contributed by atoms with van der Waals surface area (Å²) in [5.74, 6) is 0.110. The van der Waals surface area contributed by atoms with Gasteiger partial charge in [0.15, 0.2) is 0 Å². The standard InChI is InChI=1S/C11H11NO/c1-3-8-4-5-9-7-12(2)11(13)10(9)6-8/h3-6H,1,7H2,2H3. The third-order valence-corrected chi connectivity index (χ3v) is 2.35. The first-order valence-corrected chi connectivity index (χ1v) is 4.23. The molecule has 13 heavy (non-hydrogen) atoms. The summed E-state index contributed by atoms with van der Waals surface area (Å²) >= 11 is 0. The quantitative estimate of drug-likeness (QED) is 0.635. The summed E-state index contributed by atoms with van der Waals surface area (Å²) in [5, 5.41) is 0. The molecule has 1 amide bonds. The highest BCUT2D eigenvalue weighted by atomic mass is 16.2. The molecule has 0 bridgehead atoms.